The zero-order valence-corrected chi connectivity index (χ0v) is 10.9. The Kier molecular flexibility index (Phi) is 4.35. The average molecular weight is 290 g/mol. The summed E-state index contributed by atoms with van der Waals surface area (Å²) in [6.07, 6.45) is 1.53. The first-order valence-corrected chi connectivity index (χ1v) is 6.71. The third kappa shape index (κ3) is 4.25. The smallest absolute Gasteiger partial charge is 0.345 e. The minimum Gasteiger partial charge on any atom is -0.345 e. The Labute approximate surface area is 115 Å². The molecule has 2 rings (SSSR count). The molecule has 0 bridgehead atoms. The summed E-state index contributed by atoms with van der Waals surface area (Å²) in [7, 11) is 0. The van der Waals surface area contributed by atoms with Gasteiger partial charge >= 0.3 is 12.1 Å². The molecule has 0 aromatic rings. The number of carbonyl (C=O) groups is 2. The Morgan fingerprint density at radius 1 is 1.10 bits per heavy atom. The van der Waals surface area contributed by atoms with Crippen molar-refractivity contribution in [1.29, 1.82) is 0 Å². The molecule has 4 nitrogen and oxygen atoms in total. The van der Waals surface area contributed by atoms with Crippen molar-refractivity contribution in [2.75, 3.05) is 13.1 Å². The van der Waals surface area contributed by atoms with Gasteiger partial charge in [0.1, 0.15) is 0 Å². The number of likely N-dealkylation sites (tertiary alicyclic amines) is 1. The van der Waals surface area contributed by atoms with Crippen molar-refractivity contribution < 1.29 is 22.8 Å². The van der Waals surface area contributed by atoms with Gasteiger partial charge in [-0.3, -0.25) is 9.59 Å². The summed E-state index contributed by atoms with van der Waals surface area (Å²) >= 11 is 0. The van der Waals surface area contributed by atoms with E-state index in [9.17, 15) is 22.8 Å². The summed E-state index contributed by atoms with van der Waals surface area (Å²) in [5.41, 5.74) is 0. The number of nitrogens with one attached hydrogen (secondary N) is 1. The lowest BCUT2D eigenvalue weighted by Crippen LogP contribution is -2.49. The van der Waals surface area contributed by atoms with Gasteiger partial charge in [-0.05, 0) is 37.7 Å². The fourth-order valence-corrected chi connectivity index (χ4v) is 2.12. The van der Waals surface area contributed by atoms with Crippen LogP contribution >= 0.6 is 0 Å². The molecule has 0 aromatic heterocycles. The Morgan fingerprint density at radius 2 is 1.70 bits per heavy atom. The van der Waals surface area contributed by atoms with Crippen LogP contribution in [-0.4, -0.2) is 42.0 Å². The standard InChI is InChI=1S/C13H17F3N2O2/c14-13(15,16)12(20)17-10-5-7-18(8-6-10)11(19)4-3-9-1-2-9/h3-4,9-10H,1-2,5-8H2,(H,17,20)/b4-3+. The van der Waals surface area contributed by atoms with Crippen molar-refractivity contribution in [3.8, 4) is 0 Å². The van der Waals surface area contributed by atoms with Crippen molar-refractivity contribution in [2.45, 2.75) is 37.9 Å². The zero-order chi connectivity index (χ0) is 14.8. The molecule has 1 saturated heterocycles. The number of allylic oxidation sites excluding steroid dienone is 1. The maximum atomic E-state index is 12.1. The number of piperidine rings is 1. The maximum Gasteiger partial charge on any atom is 0.471 e. The number of nitrogens with zero attached hydrogens (tertiary/aromatic N) is 1. The van der Waals surface area contributed by atoms with E-state index in [2.05, 4.69) is 0 Å². The van der Waals surface area contributed by atoms with Gasteiger partial charge in [0.05, 0.1) is 0 Å². The molecule has 7 heteroatoms. The van der Waals surface area contributed by atoms with Crippen molar-refractivity contribution in [3.63, 3.8) is 0 Å². The second-order valence-corrected chi connectivity index (χ2v) is 5.27. The van der Waals surface area contributed by atoms with Gasteiger partial charge in [0.25, 0.3) is 0 Å². The maximum absolute atomic E-state index is 12.1. The quantitative estimate of drug-likeness (QED) is 0.803. The minimum atomic E-state index is -4.85. The van der Waals surface area contributed by atoms with Crippen LogP contribution in [0.25, 0.3) is 0 Å². The highest BCUT2D eigenvalue weighted by atomic mass is 19.4. The molecule has 20 heavy (non-hydrogen) atoms. The van der Waals surface area contributed by atoms with Crippen LogP contribution in [0.2, 0.25) is 0 Å². The van der Waals surface area contributed by atoms with Gasteiger partial charge in [0, 0.05) is 19.1 Å². The topological polar surface area (TPSA) is 49.4 Å². The molecule has 0 radical (unpaired) electrons. The predicted octanol–water partition coefficient (Wildman–Crippen LogP) is 1.62. The van der Waals surface area contributed by atoms with Crippen LogP contribution in [-0.2, 0) is 9.59 Å². The van der Waals surface area contributed by atoms with E-state index in [4.69, 9.17) is 0 Å². The van der Waals surface area contributed by atoms with Gasteiger partial charge in [-0.1, -0.05) is 6.08 Å². The van der Waals surface area contributed by atoms with E-state index in [-0.39, 0.29) is 5.91 Å². The number of rotatable bonds is 3. The predicted molar refractivity (Wildman–Crippen MR) is 65.7 cm³/mol. The van der Waals surface area contributed by atoms with Crippen molar-refractivity contribution in [3.05, 3.63) is 12.2 Å². The molecule has 1 heterocycles. The van der Waals surface area contributed by atoms with Crippen LogP contribution in [0, 0.1) is 5.92 Å². The minimum absolute atomic E-state index is 0.0995. The number of hydrogen-bond acceptors (Lipinski definition) is 2. The zero-order valence-electron chi connectivity index (χ0n) is 10.9. The molecule has 0 aromatic carbocycles. The van der Waals surface area contributed by atoms with Gasteiger partial charge < -0.3 is 10.2 Å². The number of alkyl halides is 3. The first-order chi connectivity index (χ1) is 9.36. The van der Waals surface area contributed by atoms with Crippen LogP contribution in [0.5, 0.6) is 0 Å². The highest BCUT2D eigenvalue weighted by Gasteiger charge is 2.40. The van der Waals surface area contributed by atoms with Gasteiger partial charge in [-0.25, -0.2) is 0 Å². The molecule has 0 unspecified atom stereocenters. The highest BCUT2D eigenvalue weighted by molar-refractivity contribution is 5.87. The Morgan fingerprint density at radius 3 is 2.20 bits per heavy atom. The van der Waals surface area contributed by atoms with Crippen molar-refractivity contribution >= 4 is 11.8 Å². The van der Waals surface area contributed by atoms with E-state index in [1.165, 1.54) is 0 Å². The summed E-state index contributed by atoms with van der Waals surface area (Å²) in [6.45, 7) is 0.743. The first-order valence-electron chi connectivity index (χ1n) is 6.71. The third-order valence-corrected chi connectivity index (χ3v) is 3.53. The van der Waals surface area contributed by atoms with E-state index in [1.807, 2.05) is 11.4 Å². The van der Waals surface area contributed by atoms with Crippen LogP contribution in [0.3, 0.4) is 0 Å². The van der Waals surface area contributed by atoms with E-state index in [1.54, 1.807) is 11.0 Å². The monoisotopic (exact) mass is 290 g/mol. The molecule has 0 atom stereocenters. The molecule has 2 amide bonds. The van der Waals surface area contributed by atoms with E-state index >= 15 is 0 Å². The summed E-state index contributed by atoms with van der Waals surface area (Å²) in [4.78, 5) is 24.2. The van der Waals surface area contributed by atoms with E-state index < -0.39 is 18.1 Å². The second kappa shape index (κ2) is 5.85. The van der Waals surface area contributed by atoms with Crippen LogP contribution in [0.4, 0.5) is 13.2 Å². The van der Waals surface area contributed by atoms with Crippen molar-refractivity contribution in [1.82, 2.24) is 10.2 Å². The van der Waals surface area contributed by atoms with Gasteiger partial charge in [0.2, 0.25) is 5.91 Å². The third-order valence-electron chi connectivity index (χ3n) is 3.53. The average Bonchev–Trinajstić information content (AvgIpc) is 3.19. The summed E-state index contributed by atoms with van der Waals surface area (Å²) in [6, 6.07) is -0.513. The molecule has 112 valence electrons. The van der Waals surface area contributed by atoms with E-state index in [0.717, 1.165) is 12.8 Å². The SMILES string of the molecule is O=C(/C=C/C1CC1)N1CCC(NC(=O)C(F)(F)F)CC1. The molecule has 0 spiro atoms. The van der Waals surface area contributed by atoms with Crippen LogP contribution in [0.15, 0.2) is 12.2 Å². The summed E-state index contributed by atoms with van der Waals surface area (Å²) < 4.78 is 36.3. The molecular formula is C13H17F3N2O2. The Hall–Kier alpha value is -1.53. The lowest BCUT2D eigenvalue weighted by molar-refractivity contribution is -0.174. The first kappa shape index (κ1) is 14.9. The summed E-state index contributed by atoms with van der Waals surface area (Å²) in [5.74, 6) is -1.49. The lowest BCUT2D eigenvalue weighted by Gasteiger charge is -2.31. The molecule has 2 aliphatic rings. The lowest BCUT2D eigenvalue weighted by atomic mass is 10.0. The Balaban J connectivity index is 1.74. The molecule has 1 aliphatic carbocycles. The Bertz CT molecular complexity index is 408. The van der Waals surface area contributed by atoms with Gasteiger partial charge in [0.15, 0.2) is 0 Å². The van der Waals surface area contributed by atoms with Crippen LogP contribution in [0.1, 0.15) is 25.7 Å². The molecule has 1 saturated carbocycles. The largest absolute Gasteiger partial charge is 0.471 e. The highest BCUT2D eigenvalue weighted by Crippen LogP contribution is 2.30. The van der Waals surface area contributed by atoms with Crippen molar-refractivity contribution in [2.24, 2.45) is 5.92 Å². The number of amides is 2. The number of halogens is 3. The molecule has 1 aliphatic heterocycles. The fraction of sp³-hybridized carbons (Fsp3) is 0.692. The second-order valence-electron chi connectivity index (χ2n) is 5.27. The normalized spacial score (nSPS) is 21.2. The fourth-order valence-electron chi connectivity index (χ4n) is 2.12. The molecular weight excluding hydrogens is 273 g/mol. The molecule has 2 fully saturated rings. The number of carbonyl (C=O) groups excluding carboxylic acids is 2. The molecule has 1 N–H and O–H groups in total. The summed E-state index contributed by atoms with van der Waals surface area (Å²) in [5, 5.41) is 1.96. The van der Waals surface area contributed by atoms with Crippen LogP contribution < -0.4 is 5.32 Å². The van der Waals surface area contributed by atoms with Gasteiger partial charge in [-0.2, -0.15) is 13.2 Å². The number of hydrogen-bond donors (Lipinski definition) is 1. The van der Waals surface area contributed by atoms with E-state index in [0.29, 0.717) is 31.8 Å². The van der Waals surface area contributed by atoms with Gasteiger partial charge in [-0.15, -0.1) is 0 Å².